The Bertz CT molecular complexity index is 534. The predicted molar refractivity (Wildman–Crippen MR) is 80.1 cm³/mol. The van der Waals surface area contributed by atoms with Gasteiger partial charge in [0.2, 0.25) is 5.82 Å². The first-order chi connectivity index (χ1) is 10.1. The highest BCUT2D eigenvalue weighted by Crippen LogP contribution is 2.22. The van der Waals surface area contributed by atoms with Crippen molar-refractivity contribution in [3.63, 3.8) is 0 Å². The molecule has 0 aromatic carbocycles. The van der Waals surface area contributed by atoms with Gasteiger partial charge < -0.3 is 10.4 Å². The van der Waals surface area contributed by atoms with Crippen LogP contribution in [0.1, 0.15) is 10.5 Å². The van der Waals surface area contributed by atoms with Crippen molar-refractivity contribution in [2.24, 2.45) is 0 Å². The smallest absolute Gasteiger partial charge is 0.354 e. The molecule has 0 atom stereocenters. The zero-order valence-corrected chi connectivity index (χ0v) is 12.1. The van der Waals surface area contributed by atoms with Gasteiger partial charge in [-0.3, -0.25) is 15.0 Å². The van der Waals surface area contributed by atoms with Crippen molar-refractivity contribution in [3.05, 3.63) is 27.9 Å². The maximum absolute atomic E-state index is 10.9. The summed E-state index contributed by atoms with van der Waals surface area (Å²) in [4.78, 5) is 27.3. The number of carboxylic acid groups (broad SMARTS) is 1. The molecule has 2 heterocycles. The Hall–Kier alpha value is -1.87. The first kappa shape index (κ1) is 15.5. The lowest BCUT2D eigenvalue weighted by Gasteiger charge is -2.26. The van der Waals surface area contributed by atoms with Crippen molar-refractivity contribution < 1.29 is 14.8 Å². The SMILES string of the molecule is O=C(O)c1ccc([N+](=O)[O-])c(NCCN2CCSCC2)n1. The fourth-order valence-corrected chi connectivity index (χ4v) is 2.98. The van der Waals surface area contributed by atoms with Gasteiger partial charge >= 0.3 is 11.7 Å². The zero-order chi connectivity index (χ0) is 15.2. The van der Waals surface area contributed by atoms with Crippen LogP contribution in [0.15, 0.2) is 12.1 Å². The number of hydrogen-bond donors (Lipinski definition) is 2. The van der Waals surface area contributed by atoms with E-state index in [4.69, 9.17) is 5.11 Å². The highest BCUT2D eigenvalue weighted by Gasteiger charge is 2.18. The number of hydrogen-bond acceptors (Lipinski definition) is 7. The molecule has 1 saturated heterocycles. The second-order valence-electron chi connectivity index (χ2n) is 4.51. The van der Waals surface area contributed by atoms with Crippen molar-refractivity contribution in [1.29, 1.82) is 0 Å². The summed E-state index contributed by atoms with van der Waals surface area (Å²) < 4.78 is 0. The third-order valence-electron chi connectivity index (χ3n) is 3.11. The third kappa shape index (κ3) is 4.30. The second kappa shape index (κ2) is 7.23. The number of nitro groups is 1. The van der Waals surface area contributed by atoms with E-state index in [2.05, 4.69) is 15.2 Å². The lowest BCUT2D eigenvalue weighted by Crippen LogP contribution is -2.36. The monoisotopic (exact) mass is 312 g/mol. The van der Waals surface area contributed by atoms with Crippen molar-refractivity contribution in [2.75, 3.05) is 43.0 Å². The molecule has 0 amide bonds. The molecule has 1 aliphatic heterocycles. The van der Waals surface area contributed by atoms with Crippen LogP contribution in [0.5, 0.6) is 0 Å². The number of thioether (sulfide) groups is 1. The number of aromatic carboxylic acids is 1. The van der Waals surface area contributed by atoms with Crippen LogP contribution in [0, 0.1) is 10.1 Å². The van der Waals surface area contributed by atoms with Crippen molar-refractivity contribution in [3.8, 4) is 0 Å². The van der Waals surface area contributed by atoms with E-state index in [1.54, 1.807) is 0 Å². The summed E-state index contributed by atoms with van der Waals surface area (Å²) >= 11 is 1.91. The Balaban J connectivity index is 2.00. The number of nitrogens with zero attached hydrogens (tertiary/aromatic N) is 3. The van der Waals surface area contributed by atoms with Crippen LogP contribution in [-0.4, -0.2) is 63.6 Å². The van der Waals surface area contributed by atoms with Gasteiger partial charge in [0.05, 0.1) is 4.92 Å². The Morgan fingerprint density at radius 1 is 1.48 bits per heavy atom. The summed E-state index contributed by atoms with van der Waals surface area (Å²) in [6.45, 7) is 3.23. The standard InChI is InChI=1S/C12H16N4O4S/c17-12(18)9-1-2-10(16(19)20)11(14-9)13-3-4-15-5-7-21-8-6-15/h1-2H,3-8H2,(H,13,14)(H,17,18). The normalized spacial score (nSPS) is 15.6. The molecule has 2 rings (SSSR count). The van der Waals surface area contributed by atoms with E-state index in [-0.39, 0.29) is 17.2 Å². The average molecular weight is 312 g/mol. The molecule has 0 bridgehead atoms. The quantitative estimate of drug-likeness (QED) is 0.595. The fourth-order valence-electron chi connectivity index (χ4n) is 2.01. The first-order valence-corrected chi connectivity index (χ1v) is 7.66. The van der Waals surface area contributed by atoms with E-state index in [0.717, 1.165) is 43.3 Å². The summed E-state index contributed by atoms with van der Waals surface area (Å²) in [6.07, 6.45) is 0. The Morgan fingerprint density at radius 3 is 2.81 bits per heavy atom. The number of carboxylic acids is 1. The van der Waals surface area contributed by atoms with E-state index >= 15 is 0 Å². The van der Waals surface area contributed by atoms with Crippen molar-refractivity contribution in [1.82, 2.24) is 9.88 Å². The molecule has 0 saturated carbocycles. The molecule has 114 valence electrons. The van der Waals surface area contributed by atoms with Gasteiger partial charge in [0.15, 0.2) is 5.69 Å². The van der Waals surface area contributed by atoms with Crippen LogP contribution >= 0.6 is 11.8 Å². The molecule has 0 aliphatic carbocycles. The number of aromatic nitrogens is 1. The summed E-state index contributed by atoms with van der Waals surface area (Å²) in [5.41, 5.74) is -0.424. The van der Waals surface area contributed by atoms with Crippen molar-refractivity contribution in [2.45, 2.75) is 0 Å². The van der Waals surface area contributed by atoms with Crippen LogP contribution < -0.4 is 5.32 Å². The average Bonchev–Trinajstić information content (AvgIpc) is 2.48. The largest absolute Gasteiger partial charge is 0.477 e. The van der Waals surface area contributed by atoms with Gasteiger partial charge in [-0.2, -0.15) is 11.8 Å². The molecule has 1 fully saturated rings. The molecule has 8 nitrogen and oxygen atoms in total. The number of anilines is 1. The van der Waals surface area contributed by atoms with E-state index < -0.39 is 10.9 Å². The van der Waals surface area contributed by atoms with Crippen molar-refractivity contribution >= 4 is 29.2 Å². The number of pyridine rings is 1. The van der Waals surface area contributed by atoms with Gasteiger partial charge in [-0.25, -0.2) is 9.78 Å². The molecular formula is C12H16N4O4S. The lowest BCUT2D eigenvalue weighted by atomic mass is 10.3. The highest BCUT2D eigenvalue weighted by molar-refractivity contribution is 7.99. The summed E-state index contributed by atoms with van der Waals surface area (Å²) in [6, 6.07) is 2.30. The van der Waals surface area contributed by atoms with Gasteiger partial charge in [-0.15, -0.1) is 0 Å². The van der Waals surface area contributed by atoms with Crippen LogP contribution in [0.25, 0.3) is 0 Å². The molecule has 9 heteroatoms. The topological polar surface area (TPSA) is 109 Å². The molecule has 2 N–H and O–H groups in total. The molecule has 1 aromatic rings. The first-order valence-electron chi connectivity index (χ1n) is 6.50. The van der Waals surface area contributed by atoms with E-state index in [9.17, 15) is 14.9 Å². The molecule has 1 aliphatic rings. The van der Waals surface area contributed by atoms with Crippen LogP contribution in [0.4, 0.5) is 11.5 Å². The summed E-state index contributed by atoms with van der Waals surface area (Å²) in [5.74, 6) is 0.979. The highest BCUT2D eigenvalue weighted by atomic mass is 32.2. The van der Waals surface area contributed by atoms with Gasteiger partial charge in [0, 0.05) is 43.8 Å². The number of nitrogens with one attached hydrogen (secondary N) is 1. The van der Waals surface area contributed by atoms with Crippen LogP contribution in [-0.2, 0) is 0 Å². The Morgan fingerprint density at radius 2 is 2.19 bits per heavy atom. The molecule has 21 heavy (non-hydrogen) atoms. The molecule has 1 aromatic heterocycles. The second-order valence-corrected chi connectivity index (χ2v) is 5.73. The molecule has 0 spiro atoms. The Labute approximate surface area is 125 Å². The fraction of sp³-hybridized carbons (Fsp3) is 0.500. The Kier molecular flexibility index (Phi) is 5.34. The third-order valence-corrected chi connectivity index (χ3v) is 4.06. The molecule has 0 unspecified atom stereocenters. The molecule has 0 radical (unpaired) electrons. The maximum atomic E-state index is 10.9. The van der Waals surface area contributed by atoms with Gasteiger partial charge in [0.25, 0.3) is 0 Å². The summed E-state index contributed by atoms with van der Waals surface area (Å²) in [7, 11) is 0. The van der Waals surface area contributed by atoms with Gasteiger partial charge in [0.1, 0.15) is 0 Å². The minimum Gasteiger partial charge on any atom is -0.477 e. The van der Waals surface area contributed by atoms with Gasteiger partial charge in [-0.05, 0) is 6.07 Å². The minimum atomic E-state index is -1.21. The predicted octanol–water partition coefficient (Wildman–Crippen LogP) is 1.15. The number of carbonyl (C=O) groups is 1. The number of rotatable bonds is 6. The lowest BCUT2D eigenvalue weighted by molar-refractivity contribution is -0.384. The van der Waals surface area contributed by atoms with E-state index in [1.165, 1.54) is 0 Å². The summed E-state index contributed by atoms with van der Waals surface area (Å²) in [5, 5.41) is 22.7. The van der Waals surface area contributed by atoms with Gasteiger partial charge in [-0.1, -0.05) is 0 Å². The maximum Gasteiger partial charge on any atom is 0.354 e. The minimum absolute atomic E-state index is 0.00582. The van der Waals surface area contributed by atoms with E-state index in [1.807, 2.05) is 11.8 Å². The molecular weight excluding hydrogens is 296 g/mol. The van der Waals surface area contributed by atoms with Crippen LogP contribution in [0.2, 0.25) is 0 Å². The zero-order valence-electron chi connectivity index (χ0n) is 11.3. The van der Waals surface area contributed by atoms with E-state index in [0.29, 0.717) is 6.54 Å². The van der Waals surface area contributed by atoms with Crippen LogP contribution in [0.3, 0.4) is 0 Å².